The van der Waals surface area contributed by atoms with Crippen molar-refractivity contribution in [1.29, 1.82) is 0 Å². The van der Waals surface area contributed by atoms with Gasteiger partial charge in [-0.2, -0.15) is 0 Å². The summed E-state index contributed by atoms with van der Waals surface area (Å²) in [5.41, 5.74) is 11.4. The van der Waals surface area contributed by atoms with Crippen molar-refractivity contribution in [2.24, 2.45) is 5.41 Å². The Morgan fingerprint density at radius 3 is 2.31 bits per heavy atom. The standard InChI is InChI=1S/C58H72N10O8S/c1-10-67(44-19-22-75-23-20-44)49-27-43(26-46(36(49)4)54(71)59-29-47-34(2)25-35(3)61-55(47)72)40-13-15-41(16-14-40)48-31-66(65-64-48)21-24-76-32-51(70)63-53(58(7,8)9)57(74)68-30-45(69)28-50(68)56(73)62-37(5)39-11-17-42(18-12-39)52-38(6)60-33-77-52/h11-18,25-27,31,33,37,44-45,50,53,69H,10,19-24,28-30,32H2,1-9H3,(H,59,71)(H,61,72)(H,62,73)(H,63,70)/t37?,45-,50+,53?/m1/s1. The minimum Gasteiger partial charge on any atom is -0.391 e. The number of nitrogens with one attached hydrogen (secondary N) is 4. The number of anilines is 1. The highest BCUT2D eigenvalue weighted by Crippen LogP contribution is 2.35. The van der Waals surface area contributed by atoms with E-state index in [0.29, 0.717) is 36.6 Å². The molecule has 0 aliphatic carbocycles. The molecule has 5 heterocycles. The molecule has 0 saturated carbocycles. The number of carbonyl (C=O) groups is 4. The summed E-state index contributed by atoms with van der Waals surface area (Å²) in [4.78, 5) is 80.2. The maximum atomic E-state index is 14.2. The second-order valence-electron chi connectivity index (χ2n) is 21.3. The minimum absolute atomic E-state index is 0.0398. The van der Waals surface area contributed by atoms with Crippen LogP contribution in [0.25, 0.3) is 32.8 Å². The van der Waals surface area contributed by atoms with E-state index in [9.17, 15) is 29.1 Å². The number of benzene rings is 3. The van der Waals surface area contributed by atoms with Gasteiger partial charge in [-0.05, 0) is 111 Å². The van der Waals surface area contributed by atoms with Gasteiger partial charge in [0.25, 0.3) is 11.5 Å². The zero-order valence-electron chi connectivity index (χ0n) is 45.6. The van der Waals surface area contributed by atoms with E-state index in [-0.39, 0.29) is 62.2 Å². The van der Waals surface area contributed by atoms with Crippen molar-refractivity contribution in [1.82, 2.24) is 45.8 Å². The molecule has 3 aromatic heterocycles. The fourth-order valence-corrected chi connectivity index (χ4v) is 11.1. The highest BCUT2D eigenvalue weighted by Gasteiger charge is 2.45. The van der Waals surface area contributed by atoms with Crippen LogP contribution in [-0.4, -0.2) is 122 Å². The minimum atomic E-state index is -1.01. The summed E-state index contributed by atoms with van der Waals surface area (Å²) in [6.07, 6.45) is 2.74. The van der Waals surface area contributed by atoms with E-state index < -0.39 is 35.4 Å². The summed E-state index contributed by atoms with van der Waals surface area (Å²) in [5.74, 6) is -1.62. The zero-order valence-corrected chi connectivity index (χ0v) is 46.4. The van der Waals surface area contributed by atoms with Crippen molar-refractivity contribution in [3.8, 4) is 32.8 Å². The number of rotatable bonds is 19. The van der Waals surface area contributed by atoms with Crippen LogP contribution in [0.4, 0.5) is 5.69 Å². The Kier molecular flexibility index (Phi) is 17.9. The monoisotopic (exact) mass is 1070 g/mol. The van der Waals surface area contributed by atoms with Crippen LogP contribution in [0, 0.1) is 33.1 Å². The number of hydrogen-bond donors (Lipinski definition) is 5. The molecule has 4 atom stereocenters. The number of thiazole rings is 1. The smallest absolute Gasteiger partial charge is 0.253 e. The average Bonchev–Trinajstić information content (AvgIpc) is 4.17. The zero-order chi connectivity index (χ0) is 55.1. The largest absolute Gasteiger partial charge is 0.391 e. The maximum Gasteiger partial charge on any atom is 0.253 e. The molecule has 0 radical (unpaired) electrons. The van der Waals surface area contributed by atoms with Gasteiger partial charge >= 0.3 is 0 Å². The Bertz CT molecular complexity index is 3120. The molecule has 2 aliphatic heterocycles. The van der Waals surface area contributed by atoms with Gasteiger partial charge in [0.2, 0.25) is 17.7 Å². The van der Waals surface area contributed by atoms with Crippen LogP contribution in [0.3, 0.4) is 0 Å². The number of β-amino-alcohol motifs (C(OH)–C–C–N with tert-alkyl or cyclic N) is 1. The number of H-pyrrole nitrogens is 1. The summed E-state index contributed by atoms with van der Waals surface area (Å²) in [7, 11) is 0. The van der Waals surface area contributed by atoms with Crippen molar-refractivity contribution in [3.63, 3.8) is 0 Å². The first-order valence-corrected chi connectivity index (χ1v) is 27.3. The number of aliphatic hydroxyl groups is 1. The van der Waals surface area contributed by atoms with E-state index in [1.807, 2.05) is 122 Å². The van der Waals surface area contributed by atoms with Crippen LogP contribution in [0.1, 0.15) is 104 Å². The van der Waals surface area contributed by atoms with E-state index >= 15 is 0 Å². The van der Waals surface area contributed by atoms with E-state index in [0.717, 1.165) is 80.3 Å². The lowest BCUT2D eigenvalue weighted by Crippen LogP contribution is -2.58. The summed E-state index contributed by atoms with van der Waals surface area (Å²) >= 11 is 1.57. The molecule has 5 N–H and O–H groups in total. The molecule has 0 spiro atoms. The Hall–Kier alpha value is -7.06. The summed E-state index contributed by atoms with van der Waals surface area (Å²) in [6.45, 7) is 19.4. The number of aromatic amines is 1. The van der Waals surface area contributed by atoms with E-state index in [1.165, 1.54) is 4.90 Å². The topological polar surface area (TPSA) is 226 Å². The highest BCUT2D eigenvalue weighted by molar-refractivity contribution is 7.13. The number of carbonyl (C=O) groups excluding carboxylic acids is 4. The van der Waals surface area contributed by atoms with Crippen LogP contribution < -0.4 is 26.4 Å². The van der Waals surface area contributed by atoms with Gasteiger partial charge in [-0.15, -0.1) is 16.4 Å². The van der Waals surface area contributed by atoms with E-state index in [4.69, 9.17) is 9.47 Å². The molecule has 0 bridgehead atoms. The van der Waals surface area contributed by atoms with Gasteiger partial charge in [0, 0.05) is 73.4 Å². The molecule has 4 amide bonds. The number of aromatic nitrogens is 5. The molecular weight excluding hydrogens is 997 g/mol. The summed E-state index contributed by atoms with van der Waals surface area (Å²) in [6, 6.07) is 19.8. The van der Waals surface area contributed by atoms with Crippen molar-refractivity contribution in [3.05, 3.63) is 128 Å². The first-order valence-electron chi connectivity index (χ1n) is 26.4. The SMILES string of the molecule is CCN(c1cc(-c2ccc(-c3cn(CCOCC(=O)NC(C(=O)N4C[C@H](O)C[C@H]4C(=O)NC(C)c4ccc(-c5scnc5C)cc4)C(C)(C)C)nn3)cc2)cc(C(=O)NCc2c(C)cc(C)[nH]c2=O)c1C)C1CCOCC1. The Morgan fingerprint density at radius 1 is 0.948 bits per heavy atom. The number of amides is 4. The number of aryl methyl sites for hydroxylation is 3. The predicted molar refractivity (Wildman–Crippen MR) is 297 cm³/mol. The van der Waals surface area contributed by atoms with Gasteiger partial charge < -0.3 is 45.3 Å². The van der Waals surface area contributed by atoms with Crippen molar-refractivity contribution in [2.45, 2.75) is 125 Å². The molecule has 2 aliphatic rings. The van der Waals surface area contributed by atoms with Gasteiger partial charge in [0.1, 0.15) is 24.4 Å². The Morgan fingerprint density at radius 2 is 1.65 bits per heavy atom. The third kappa shape index (κ3) is 13.4. The molecular formula is C58H72N10O8S. The van der Waals surface area contributed by atoms with Gasteiger partial charge in [-0.25, -0.2) is 9.67 Å². The van der Waals surface area contributed by atoms with Crippen LogP contribution >= 0.6 is 11.3 Å². The lowest BCUT2D eigenvalue weighted by Gasteiger charge is -2.37. The van der Waals surface area contributed by atoms with Crippen LogP contribution in [0.5, 0.6) is 0 Å². The first-order chi connectivity index (χ1) is 36.8. The Labute approximate surface area is 454 Å². The van der Waals surface area contributed by atoms with Crippen molar-refractivity contribution < 1.29 is 33.8 Å². The molecule has 77 heavy (non-hydrogen) atoms. The van der Waals surface area contributed by atoms with E-state index in [1.54, 1.807) is 22.2 Å². The third-order valence-corrected chi connectivity index (χ3v) is 15.6. The summed E-state index contributed by atoms with van der Waals surface area (Å²) < 4.78 is 13.1. The molecule has 2 unspecified atom stereocenters. The molecule has 2 saturated heterocycles. The fourth-order valence-electron chi connectivity index (χ4n) is 10.3. The van der Waals surface area contributed by atoms with Crippen LogP contribution in [0.2, 0.25) is 0 Å². The number of hydrogen-bond acceptors (Lipinski definition) is 13. The number of aliphatic hydroxyl groups excluding tert-OH is 1. The summed E-state index contributed by atoms with van der Waals surface area (Å²) in [5, 5.41) is 28.3. The second kappa shape index (κ2) is 24.5. The lowest BCUT2D eigenvalue weighted by molar-refractivity contribution is -0.144. The molecule has 19 heteroatoms. The quantitative estimate of drug-likeness (QED) is 0.0518. The van der Waals surface area contributed by atoms with Gasteiger partial charge in [0.15, 0.2) is 0 Å². The van der Waals surface area contributed by atoms with Crippen molar-refractivity contribution >= 4 is 40.7 Å². The lowest BCUT2D eigenvalue weighted by atomic mass is 9.85. The van der Waals surface area contributed by atoms with E-state index in [2.05, 4.69) is 54.1 Å². The average molecular weight is 1070 g/mol. The third-order valence-electron chi connectivity index (χ3n) is 14.6. The molecule has 8 rings (SSSR count). The molecule has 2 fully saturated rings. The fraction of sp³-hybridized carbons (Fsp3) is 0.448. The molecule has 408 valence electrons. The highest BCUT2D eigenvalue weighted by atomic mass is 32.1. The maximum absolute atomic E-state index is 14.2. The second-order valence-corrected chi connectivity index (χ2v) is 22.2. The normalized spacial score (nSPS) is 16.7. The van der Waals surface area contributed by atoms with Gasteiger partial charge in [0.05, 0.1) is 47.6 Å². The Balaban J connectivity index is 0.871. The molecule has 6 aromatic rings. The van der Waals surface area contributed by atoms with Gasteiger partial charge in [-0.3, -0.25) is 24.0 Å². The number of pyridine rings is 1. The number of likely N-dealkylation sites (tertiary alicyclic amines) is 1. The predicted octanol–water partition coefficient (Wildman–Crippen LogP) is 6.98. The van der Waals surface area contributed by atoms with Crippen LogP contribution in [0.15, 0.2) is 83.2 Å². The first kappa shape index (κ1) is 56.2. The number of ether oxygens (including phenoxy) is 2. The molecule has 3 aromatic carbocycles. The number of nitrogens with zero attached hydrogens (tertiary/aromatic N) is 6. The molecule has 18 nitrogen and oxygen atoms in total. The van der Waals surface area contributed by atoms with Crippen molar-refractivity contribution in [2.75, 3.05) is 44.4 Å². The van der Waals surface area contributed by atoms with Gasteiger partial charge in [-0.1, -0.05) is 74.5 Å². The van der Waals surface area contributed by atoms with Crippen LogP contribution in [-0.2, 0) is 36.9 Å².